The van der Waals surface area contributed by atoms with E-state index in [2.05, 4.69) is 0 Å². The molecular weight excluding hydrogens is 482 g/mol. The summed E-state index contributed by atoms with van der Waals surface area (Å²) in [5.74, 6) is -0.968. The third-order valence-corrected chi connectivity index (χ3v) is 7.19. The molecule has 0 aliphatic rings. The van der Waals surface area contributed by atoms with Crippen LogP contribution in [0, 0.1) is 0 Å². The van der Waals surface area contributed by atoms with E-state index in [1.807, 2.05) is 0 Å². The van der Waals surface area contributed by atoms with Gasteiger partial charge in [0.15, 0.2) is 4.75 Å². The molecule has 29 heavy (non-hydrogen) atoms. The number of rotatable bonds is 4. The molecule has 1 atom stereocenters. The molecule has 0 saturated carbocycles. The monoisotopic (exact) mass is 492 g/mol. The van der Waals surface area contributed by atoms with Crippen LogP contribution in [0.25, 0.3) is 0 Å². The van der Waals surface area contributed by atoms with Gasteiger partial charge in [-0.05, 0) is 35.9 Å². The van der Waals surface area contributed by atoms with Crippen molar-refractivity contribution in [1.29, 1.82) is 0 Å². The van der Waals surface area contributed by atoms with Crippen LogP contribution in [0.2, 0.25) is 20.1 Å². The smallest absolute Gasteiger partial charge is 0.283 e. The van der Waals surface area contributed by atoms with E-state index in [0.29, 0.717) is 0 Å². The van der Waals surface area contributed by atoms with Gasteiger partial charge in [0, 0.05) is 21.2 Å². The third-order valence-electron chi connectivity index (χ3n) is 4.40. The first-order chi connectivity index (χ1) is 13.5. The van der Waals surface area contributed by atoms with E-state index in [4.69, 9.17) is 46.4 Å². The molecule has 0 aliphatic carbocycles. The van der Waals surface area contributed by atoms with Gasteiger partial charge < -0.3 is 10.2 Å². The SMILES string of the molecule is O=S(=O)(O)C(c1cc(O)c(Cl)c(Cl)c1)(c1ccccc1O)c1ccc(Cl)cc1Cl. The molecule has 0 spiro atoms. The average molecular weight is 494 g/mol. The van der Waals surface area contributed by atoms with E-state index in [9.17, 15) is 23.2 Å². The summed E-state index contributed by atoms with van der Waals surface area (Å²) in [5.41, 5.74) is -0.535. The zero-order valence-electron chi connectivity index (χ0n) is 14.3. The van der Waals surface area contributed by atoms with Crippen LogP contribution in [0.3, 0.4) is 0 Å². The maximum atomic E-state index is 12.9. The lowest BCUT2D eigenvalue weighted by Gasteiger charge is -2.34. The maximum absolute atomic E-state index is 12.9. The molecule has 3 N–H and O–H groups in total. The zero-order valence-corrected chi connectivity index (χ0v) is 18.1. The molecule has 3 aromatic carbocycles. The van der Waals surface area contributed by atoms with Gasteiger partial charge >= 0.3 is 0 Å². The lowest BCUT2D eigenvalue weighted by Crippen LogP contribution is -2.38. The first-order valence-electron chi connectivity index (χ1n) is 7.89. The predicted octanol–water partition coefficient (Wildman–Crippen LogP) is 5.89. The molecule has 0 amide bonds. The summed E-state index contributed by atoms with van der Waals surface area (Å²) in [6.07, 6.45) is 0. The summed E-state index contributed by atoms with van der Waals surface area (Å²) >= 11 is 24.2. The number of benzene rings is 3. The Morgan fingerprint density at radius 1 is 0.759 bits per heavy atom. The molecule has 10 heteroatoms. The second kappa shape index (κ2) is 7.87. The fraction of sp³-hybridized carbons (Fsp3) is 0.0526. The molecule has 0 aromatic heterocycles. The van der Waals surface area contributed by atoms with E-state index in [1.165, 1.54) is 42.5 Å². The molecule has 0 heterocycles. The minimum atomic E-state index is -5.09. The molecule has 152 valence electrons. The normalized spacial score (nSPS) is 13.8. The number of hydrogen-bond donors (Lipinski definition) is 3. The number of aromatic hydroxyl groups is 2. The highest BCUT2D eigenvalue weighted by Crippen LogP contribution is 2.51. The summed E-state index contributed by atoms with van der Waals surface area (Å²) in [6, 6.07) is 11.6. The van der Waals surface area contributed by atoms with Crippen molar-refractivity contribution in [2.75, 3.05) is 0 Å². The summed E-state index contributed by atoms with van der Waals surface area (Å²) in [6.45, 7) is 0. The second-order valence-electron chi connectivity index (χ2n) is 6.09. The molecule has 0 fully saturated rings. The largest absolute Gasteiger partial charge is 0.508 e. The highest BCUT2D eigenvalue weighted by atomic mass is 35.5. The Hall–Kier alpha value is -1.67. The van der Waals surface area contributed by atoms with Crippen molar-refractivity contribution in [1.82, 2.24) is 0 Å². The maximum Gasteiger partial charge on any atom is 0.283 e. The first-order valence-corrected chi connectivity index (χ1v) is 10.8. The summed E-state index contributed by atoms with van der Waals surface area (Å²) in [4.78, 5) is 0. The molecule has 3 aromatic rings. The van der Waals surface area contributed by atoms with E-state index < -0.39 is 26.4 Å². The molecule has 1 unspecified atom stereocenters. The van der Waals surface area contributed by atoms with Crippen LogP contribution in [-0.2, 0) is 14.9 Å². The summed E-state index contributed by atoms with van der Waals surface area (Å²) in [7, 11) is -5.09. The van der Waals surface area contributed by atoms with Crippen LogP contribution in [0.15, 0.2) is 54.6 Å². The fourth-order valence-corrected chi connectivity index (χ4v) is 5.46. The van der Waals surface area contributed by atoms with Crippen LogP contribution in [0.5, 0.6) is 11.5 Å². The van der Waals surface area contributed by atoms with Gasteiger partial charge in [-0.1, -0.05) is 70.7 Å². The van der Waals surface area contributed by atoms with Gasteiger partial charge in [0.1, 0.15) is 16.5 Å². The fourth-order valence-electron chi connectivity index (χ4n) is 3.21. The molecule has 3 rings (SSSR count). The van der Waals surface area contributed by atoms with Gasteiger partial charge in [-0.25, -0.2) is 0 Å². The van der Waals surface area contributed by atoms with Crippen LogP contribution < -0.4 is 0 Å². The van der Waals surface area contributed by atoms with Crippen molar-refractivity contribution in [3.8, 4) is 11.5 Å². The molecular formula is C19H12Cl4O5S. The number of phenols is 2. The van der Waals surface area contributed by atoms with Gasteiger partial charge in [-0.3, -0.25) is 4.55 Å². The van der Waals surface area contributed by atoms with E-state index in [1.54, 1.807) is 0 Å². The highest BCUT2D eigenvalue weighted by molar-refractivity contribution is 7.87. The van der Waals surface area contributed by atoms with Crippen LogP contribution in [-0.4, -0.2) is 23.2 Å². The molecule has 0 aliphatic heterocycles. The number of phenolic OH excluding ortho intramolecular Hbond substituents is 2. The minimum absolute atomic E-state index is 0.107. The minimum Gasteiger partial charge on any atom is -0.508 e. The zero-order chi connectivity index (χ0) is 21.6. The molecule has 0 radical (unpaired) electrons. The number of para-hydroxylation sites is 1. The third kappa shape index (κ3) is 3.65. The standard InChI is InChI=1S/C19H12Cl4O5S/c20-11-5-6-12(14(21)9-11)19(29(26,27)28,13-3-1-2-4-16(13)24)10-7-15(22)18(23)17(25)8-10/h1-9,24-25H,(H,26,27,28). The molecule has 5 nitrogen and oxygen atoms in total. The number of halogens is 4. The van der Waals surface area contributed by atoms with Crippen molar-refractivity contribution in [2.24, 2.45) is 0 Å². The Kier molecular flexibility index (Phi) is 5.98. The Balaban J connectivity index is 2.61. The Labute approximate surface area is 186 Å². The highest BCUT2D eigenvalue weighted by Gasteiger charge is 2.51. The quantitative estimate of drug-likeness (QED) is 0.311. The predicted molar refractivity (Wildman–Crippen MR) is 114 cm³/mol. The van der Waals surface area contributed by atoms with E-state index in [0.717, 1.165) is 12.1 Å². The van der Waals surface area contributed by atoms with Crippen LogP contribution in [0.4, 0.5) is 0 Å². The Morgan fingerprint density at radius 3 is 1.97 bits per heavy atom. The second-order valence-corrected chi connectivity index (χ2v) is 9.28. The van der Waals surface area contributed by atoms with E-state index >= 15 is 0 Å². The van der Waals surface area contributed by atoms with E-state index in [-0.39, 0.29) is 36.8 Å². The summed E-state index contributed by atoms with van der Waals surface area (Å²) < 4.78 is 33.9. The van der Waals surface area contributed by atoms with Gasteiger partial charge in [0.25, 0.3) is 10.1 Å². The van der Waals surface area contributed by atoms with Crippen molar-refractivity contribution < 1.29 is 23.2 Å². The van der Waals surface area contributed by atoms with Crippen molar-refractivity contribution >= 4 is 56.5 Å². The lowest BCUT2D eigenvalue weighted by molar-refractivity contribution is 0.439. The Bertz CT molecular complexity index is 1190. The average Bonchev–Trinajstić information content (AvgIpc) is 2.62. The molecule has 0 saturated heterocycles. The lowest BCUT2D eigenvalue weighted by atomic mass is 9.83. The van der Waals surface area contributed by atoms with Gasteiger partial charge in [0.05, 0.1) is 5.02 Å². The first kappa shape index (κ1) is 22.0. The number of hydrogen-bond acceptors (Lipinski definition) is 4. The van der Waals surface area contributed by atoms with Crippen LogP contribution in [0.1, 0.15) is 16.7 Å². The summed E-state index contributed by atoms with van der Waals surface area (Å²) in [5, 5.41) is 20.4. The van der Waals surface area contributed by atoms with Gasteiger partial charge in [-0.15, -0.1) is 0 Å². The topological polar surface area (TPSA) is 94.8 Å². The van der Waals surface area contributed by atoms with Crippen molar-refractivity contribution in [2.45, 2.75) is 4.75 Å². The van der Waals surface area contributed by atoms with Crippen molar-refractivity contribution in [3.63, 3.8) is 0 Å². The molecule has 0 bridgehead atoms. The Morgan fingerprint density at radius 2 is 1.41 bits per heavy atom. The van der Waals surface area contributed by atoms with Gasteiger partial charge in [-0.2, -0.15) is 8.42 Å². The van der Waals surface area contributed by atoms with Crippen LogP contribution >= 0.6 is 46.4 Å². The van der Waals surface area contributed by atoms with Gasteiger partial charge in [0.2, 0.25) is 0 Å². The van der Waals surface area contributed by atoms with Crippen molar-refractivity contribution in [3.05, 3.63) is 91.4 Å².